The van der Waals surface area contributed by atoms with Gasteiger partial charge in [0.1, 0.15) is 0 Å². The lowest BCUT2D eigenvalue weighted by molar-refractivity contribution is 0.840. The van der Waals surface area contributed by atoms with Crippen molar-refractivity contribution in [2.75, 3.05) is 11.9 Å². The molecular weight excluding hydrogens is 288 g/mol. The first kappa shape index (κ1) is 13.6. The number of anilines is 1. The smallest absolute Gasteiger partial charge is 0.222 e. The molecule has 0 bridgehead atoms. The van der Waals surface area contributed by atoms with Crippen molar-refractivity contribution in [2.45, 2.75) is 13.3 Å². The number of hydrogen-bond acceptors (Lipinski definition) is 5. The van der Waals surface area contributed by atoms with Gasteiger partial charge in [-0.3, -0.25) is 0 Å². The van der Waals surface area contributed by atoms with Gasteiger partial charge in [-0.1, -0.05) is 36.4 Å². The summed E-state index contributed by atoms with van der Waals surface area (Å²) in [5.41, 5.74) is 4.88. The van der Waals surface area contributed by atoms with Gasteiger partial charge in [-0.2, -0.15) is 4.52 Å². The largest absolute Gasteiger partial charge is 0.367 e. The number of fused-ring (bicyclic) bond motifs is 3. The molecule has 6 heteroatoms. The predicted octanol–water partition coefficient (Wildman–Crippen LogP) is 2.64. The number of rotatable bonds is 4. The molecule has 23 heavy (non-hydrogen) atoms. The molecule has 2 aromatic carbocycles. The van der Waals surface area contributed by atoms with Crippen molar-refractivity contribution in [3.8, 4) is 0 Å². The molecule has 1 N–H and O–H groups in total. The van der Waals surface area contributed by atoms with Crippen LogP contribution in [0.15, 0.2) is 48.5 Å². The Labute approximate surface area is 133 Å². The highest BCUT2D eigenvalue weighted by molar-refractivity contribution is 5.82. The first-order valence-electron chi connectivity index (χ1n) is 7.57. The van der Waals surface area contributed by atoms with Gasteiger partial charge in [0.2, 0.25) is 5.65 Å². The minimum Gasteiger partial charge on any atom is -0.367 e. The number of aromatic nitrogens is 5. The Balaban J connectivity index is 1.66. The van der Waals surface area contributed by atoms with Crippen LogP contribution in [0.25, 0.3) is 16.7 Å². The van der Waals surface area contributed by atoms with Crippen LogP contribution in [0.1, 0.15) is 11.1 Å². The summed E-state index contributed by atoms with van der Waals surface area (Å²) in [6.45, 7) is 2.82. The van der Waals surface area contributed by atoms with E-state index < -0.39 is 0 Å². The monoisotopic (exact) mass is 304 g/mol. The van der Waals surface area contributed by atoms with Gasteiger partial charge >= 0.3 is 0 Å². The second-order valence-electron chi connectivity index (χ2n) is 5.53. The highest BCUT2D eigenvalue weighted by atomic mass is 15.5. The first-order chi connectivity index (χ1) is 11.3. The van der Waals surface area contributed by atoms with Crippen molar-refractivity contribution >= 4 is 22.5 Å². The predicted molar refractivity (Wildman–Crippen MR) is 89.5 cm³/mol. The van der Waals surface area contributed by atoms with Gasteiger partial charge in [0.15, 0.2) is 5.82 Å². The minimum atomic E-state index is 0.649. The molecule has 4 aromatic rings. The summed E-state index contributed by atoms with van der Waals surface area (Å²) in [6.07, 6.45) is 0.919. The zero-order valence-corrected chi connectivity index (χ0v) is 12.8. The van der Waals surface area contributed by atoms with Gasteiger partial charge in [-0.25, -0.2) is 4.98 Å². The highest BCUT2D eigenvalue weighted by Gasteiger charge is 2.11. The molecule has 0 aliphatic rings. The quantitative estimate of drug-likeness (QED) is 0.628. The van der Waals surface area contributed by atoms with Crippen LogP contribution in [0.3, 0.4) is 0 Å². The lowest BCUT2D eigenvalue weighted by atomic mass is 10.1. The normalized spacial score (nSPS) is 11.2. The van der Waals surface area contributed by atoms with Crippen LogP contribution >= 0.6 is 0 Å². The number of benzene rings is 2. The number of nitrogens with one attached hydrogen (secondary N) is 1. The average molecular weight is 304 g/mol. The summed E-state index contributed by atoms with van der Waals surface area (Å²) in [7, 11) is 0. The molecule has 6 nitrogen and oxygen atoms in total. The van der Waals surface area contributed by atoms with E-state index in [4.69, 9.17) is 0 Å². The summed E-state index contributed by atoms with van der Waals surface area (Å²) < 4.78 is 1.74. The number of aryl methyl sites for hydroxylation is 1. The lowest BCUT2D eigenvalue weighted by Crippen LogP contribution is -2.09. The third-order valence-corrected chi connectivity index (χ3v) is 3.82. The summed E-state index contributed by atoms with van der Waals surface area (Å²) in [5.74, 6) is 0.710. The lowest BCUT2D eigenvalue weighted by Gasteiger charge is -2.08. The van der Waals surface area contributed by atoms with Crippen LogP contribution in [-0.2, 0) is 6.42 Å². The van der Waals surface area contributed by atoms with E-state index in [1.165, 1.54) is 5.56 Å². The molecule has 4 rings (SSSR count). The van der Waals surface area contributed by atoms with Crippen molar-refractivity contribution < 1.29 is 0 Å². The third-order valence-electron chi connectivity index (χ3n) is 3.82. The maximum Gasteiger partial charge on any atom is 0.222 e. The Morgan fingerprint density at radius 2 is 1.96 bits per heavy atom. The van der Waals surface area contributed by atoms with Crippen LogP contribution in [0.2, 0.25) is 0 Å². The third kappa shape index (κ3) is 2.59. The zero-order chi connectivity index (χ0) is 15.6. The van der Waals surface area contributed by atoms with Gasteiger partial charge < -0.3 is 5.32 Å². The van der Waals surface area contributed by atoms with E-state index in [0.717, 1.165) is 29.6 Å². The van der Waals surface area contributed by atoms with E-state index in [2.05, 4.69) is 38.0 Å². The SMILES string of the molecule is Cc1ccc2nc(NCCc3ccccc3)c3nnnn3c2c1. The van der Waals surface area contributed by atoms with Crippen molar-refractivity contribution in [1.82, 2.24) is 25.0 Å². The number of hydrogen-bond donors (Lipinski definition) is 1. The van der Waals surface area contributed by atoms with E-state index >= 15 is 0 Å². The Hall–Kier alpha value is -3.02. The van der Waals surface area contributed by atoms with E-state index in [9.17, 15) is 0 Å². The Kier molecular flexibility index (Phi) is 3.34. The van der Waals surface area contributed by atoms with Crippen molar-refractivity contribution in [3.63, 3.8) is 0 Å². The van der Waals surface area contributed by atoms with Crippen LogP contribution in [-0.4, -0.2) is 31.6 Å². The molecule has 0 saturated carbocycles. The van der Waals surface area contributed by atoms with Gasteiger partial charge in [0.05, 0.1) is 11.0 Å². The molecule has 0 amide bonds. The molecule has 0 aliphatic carbocycles. The second-order valence-corrected chi connectivity index (χ2v) is 5.53. The van der Waals surface area contributed by atoms with E-state index in [1.54, 1.807) is 4.52 Å². The maximum atomic E-state index is 4.67. The Morgan fingerprint density at radius 3 is 2.83 bits per heavy atom. The van der Waals surface area contributed by atoms with Crippen LogP contribution in [0.5, 0.6) is 0 Å². The zero-order valence-electron chi connectivity index (χ0n) is 12.8. The van der Waals surface area contributed by atoms with Gasteiger partial charge in [0.25, 0.3) is 0 Å². The maximum absolute atomic E-state index is 4.67. The molecule has 0 aliphatic heterocycles. The van der Waals surface area contributed by atoms with Crippen LogP contribution < -0.4 is 5.32 Å². The molecular formula is C17H16N6. The van der Waals surface area contributed by atoms with Crippen molar-refractivity contribution in [3.05, 3.63) is 59.7 Å². The van der Waals surface area contributed by atoms with E-state index in [1.807, 2.05) is 43.3 Å². The Morgan fingerprint density at radius 1 is 1.09 bits per heavy atom. The summed E-state index contributed by atoms with van der Waals surface area (Å²) >= 11 is 0. The number of tetrazole rings is 1. The summed E-state index contributed by atoms with van der Waals surface area (Å²) in [6, 6.07) is 16.4. The molecule has 114 valence electrons. The fraction of sp³-hybridized carbons (Fsp3) is 0.176. The van der Waals surface area contributed by atoms with Crippen molar-refractivity contribution in [2.24, 2.45) is 0 Å². The van der Waals surface area contributed by atoms with Crippen LogP contribution in [0, 0.1) is 6.92 Å². The van der Waals surface area contributed by atoms with Crippen molar-refractivity contribution in [1.29, 1.82) is 0 Å². The van der Waals surface area contributed by atoms with Gasteiger partial charge in [-0.15, -0.1) is 5.10 Å². The molecule has 0 saturated heterocycles. The fourth-order valence-corrected chi connectivity index (χ4v) is 2.65. The molecule has 2 heterocycles. The standard InChI is InChI=1S/C17H16N6/c1-12-7-8-14-15(11-12)23-17(20-21-22-23)16(19-14)18-10-9-13-5-3-2-4-6-13/h2-8,11H,9-10H2,1H3,(H,18,19). The highest BCUT2D eigenvalue weighted by Crippen LogP contribution is 2.20. The van der Waals surface area contributed by atoms with Gasteiger partial charge in [-0.05, 0) is 47.0 Å². The summed E-state index contributed by atoms with van der Waals surface area (Å²) in [4.78, 5) is 4.67. The molecule has 2 aromatic heterocycles. The molecule has 0 unspecified atom stereocenters. The first-order valence-corrected chi connectivity index (χ1v) is 7.57. The van der Waals surface area contributed by atoms with E-state index in [-0.39, 0.29) is 0 Å². The number of nitrogens with zero attached hydrogens (tertiary/aromatic N) is 5. The summed E-state index contributed by atoms with van der Waals surface area (Å²) in [5, 5.41) is 15.3. The minimum absolute atomic E-state index is 0.649. The molecule has 0 spiro atoms. The molecule has 0 radical (unpaired) electrons. The fourth-order valence-electron chi connectivity index (χ4n) is 2.65. The van der Waals surface area contributed by atoms with Crippen LogP contribution in [0.4, 0.5) is 5.82 Å². The Bertz CT molecular complexity index is 961. The molecule has 0 atom stereocenters. The van der Waals surface area contributed by atoms with E-state index in [0.29, 0.717) is 11.5 Å². The molecule has 0 fully saturated rings. The van der Waals surface area contributed by atoms with Gasteiger partial charge in [0, 0.05) is 6.54 Å². The average Bonchev–Trinajstić information content (AvgIpc) is 3.06. The topological polar surface area (TPSA) is 68.0 Å². The second kappa shape index (κ2) is 5.64.